The molecule has 0 N–H and O–H groups in total. The van der Waals surface area contributed by atoms with E-state index in [1.165, 1.54) is 24.8 Å². The van der Waals surface area contributed by atoms with Gasteiger partial charge in [-0.1, -0.05) is 12.1 Å². The molecule has 0 radical (unpaired) electrons. The molecule has 3 aromatic heterocycles. The van der Waals surface area contributed by atoms with Gasteiger partial charge in [-0.05, 0) is 101 Å². The van der Waals surface area contributed by atoms with E-state index in [1.807, 2.05) is 60.7 Å². The maximum absolute atomic E-state index is 9.70. The van der Waals surface area contributed by atoms with Gasteiger partial charge in [-0.2, -0.15) is 31.6 Å². The SMILES string of the molecule is N#Cc1cnc(-c2ccc(-n3c4ccc(-c5cc(C#N)cc(C#N)c5)cc4c4cc(-c5cc(C#N)cc(C#N)c5)ccc43)c(-c3ncc(C#N)cn3)c2)nc1. The Kier molecular flexibility index (Phi) is 8.21. The predicted octanol–water partition coefficient (Wildman–Crippen LogP) is 8.26. The quantitative estimate of drug-likeness (QED) is 0.168. The third kappa shape index (κ3) is 5.98. The molecule has 0 atom stereocenters. The number of hydrogen-bond donors (Lipinski definition) is 0. The summed E-state index contributed by atoms with van der Waals surface area (Å²) in [6.07, 6.45) is 5.82. The zero-order valence-corrected chi connectivity index (χ0v) is 28.4. The van der Waals surface area contributed by atoms with E-state index in [-0.39, 0.29) is 0 Å². The maximum Gasteiger partial charge on any atom is 0.161 e. The van der Waals surface area contributed by atoms with Crippen molar-refractivity contribution in [3.63, 3.8) is 0 Å². The summed E-state index contributed by atoms with van der Waals surface area (Å²) in [6.45, 7) is 0. The lowest BCUT2D eigenvalue weighted by Crippen LogP contribution is -2.01. The summed E-state index contributed by atoms with van der Waals surface area (Å²) in [5, 5.41) is 59.2. The minimum absolute atomic E-state index is 0.300. The van der Waals surface area contributed by atoms with Crippen molar-refractivity contribution in [1.82, 2.24) is 24.5 Å². The summed E-state index contributed by atoms with van der Waals surface area (Å²) in [5.74, 6) is 0.743. The number of fused-ring (bicyclic) bond motifs is 3. The molecule has 250 valence electrons. The first-order valence-electron chi connectivity index (χ1n) is 16.5. The summed E-state index contributed by atoms with van der Waals surface area (Å²) in [7, 11) is 0. The van der Waals surface area contributed by atoms with Crippen LogP contribution in [-0.2, 0) is 0 Å². The number of benzene rings is 5. The van der Waals surface area contributed by atoms with E-state index in [0.29, 0.717) is 73.0 Å². The molecule has 0 spiro atoms. The second-order valence-electron chi connectivity index (χ2n) is 12.4. The topological polar surface area (TPSA) is 199 Å². The van der Waals surface area contributed by atoms with E-state index in [1.54, 1.807) is 36.4 Å². The fraction of sp³-hybridized carbons (Fsp3) is 0. The summed E-state index contributed by atoms with van der Waals surface area (Å²) in [5.41, 5.74) is 8.65. The second kappa shape index (κ2) is 13.6. The van der Waals surface area contributed by atoms with Crippen molar-refractivity contribution in [2.45, 2.75) is 0 Å². The molecule has 11 nitrogen and oxygen atoms in total. The molecule has 55 heavy (non-hydrogen) atoms. The molecular weight excluding hydrogens is 683 g/mol. The van der Waals surface area contributed by atoms with E-state index < -0.39 is 0 Å². The number of hydrogen-bond acceptors (Lipinski definition) is 10. The smallest absolute Gasteiger partial charge is 0.161 e. The first-order chi connectivity index (χ1) is 26.9. The van der Waals surface area contributed by atoms with Crippen molar-refractivity contribution in [3.05, 3.63) is 149 Å². The molecule has 8 aromatic rings. The number of aromatic nitrogens is 5. The van der Waals surface area contributed by atoms with Gasteiger partial charge in [0.2, 0.25) is 0 Å². The highest BCUT2D eigenvalue weighted by atomic mass is 15.0. The van der Waals surface area contributed by atoms with Crippen LogP contribution in [-0.4, -0.2) is 24.5 Å². The predicted molar refractivity (Wildman–Crippen MR) is 202 cm³/mol. The Hall–Kier alpha value is -9.00. The summed E-state index contributed by atoms with van der Waals surface area (Å²) < 4.78 is 2.08. The van der Waals surface area contributed by atoms with Gasteiger partial charge in [0.25, 0.3) is 0 Å². The van der Waals surface area contributed by atoms with Crippen molar-refractivity contribution in [2.24, 2.45) is 0 Å². The van der Waals surface area contributed by atoms with E-state index in [2.05, 4.69) is 54.8 Å². The Morgan fingerprint density at radius 1 is 0.364 bits per heavy atom. The molecule has 0 amide bonds. The standard InChI is InChI=1S/C44H19N11/c45-16-26-7-27(17-46)10-35(9-26)32-1-4-40-37(13-32)38-14-33(36-11-28(18-47)8-29(12-36)19-48)2-5-41(38)55(40)42-6-3-34(43-51-22-30(20-49)23-52-43)15-39(42)44-53-24-31(21-50)25-54-44/h1-15,22-25H. The molecule has 0 fully saturated rings. The molecule has 0 bridgehead atoms. The minimum Gasteiger partial charge on any atom is -0.308 e. The molecule has 0 aliphatic rings. The number of rotatable bonds is 5. The molecule has 0 unspecified atom stereocenters. The van der Waals surface area contributed by atoms with Gasteiger partial charge in [0.1, 0.15) is 12.1 Å². The van der Waals surface area contributed by atoms with E-state index in [4.69, 9.17) is 0 Å². The van der Waals surface area contributed by atoms with Crippen LogP contribution in [0.15, 0.2) is 116 Å². The van der Waals surface area contributed by atoms with Gasteiger partial charge in [0.05, 0.1) is 74.4 Å². The summed E-state index contributed by atoms with van der Waals surface area (Å²) >= 11 is 0. The van der Waals surface area contributed by atoms with Crippen molar-refractivity contribution < 1.29 is 0 Å². The van der Waals surface area contributed by atoms with Crippen LogP contribution in [0.2, 0.25) is 0 Å². The van der Waals surface area contributed by atoms with Crippen LogP contribution >= 0.6 is 0 Å². The fourth-order valence-corrected chi connectivity index (χ4v) is 6.60. The van der Waals surface area contributed by atoms with Crippen LogP contribution in [0.4, 0.5) is 0 Å². The molecule has 3 heterocycles. The van der Waals surface area contributed by atoms with Gasteiger partial charge in [0, 0.05) is 46.7 Å². The van der Waals surface area contributed by atoms with Gasteiger partial charge >= 0.3 is 0 Å². The van der Waals surface area contributed by atoms with Crippen LogP contribution in [0, 0.1) is 68.0 Å². The van der Waals surface area contributed by atoms with Gasteiger partial charge < -0.3 is 4.57 Å². The molecule has 0 saturated carbocycles. The lowest BCUT2D eigenvalue weighted by atomic mass is 9.97. The zero-order valence-electron chi connectivity index (χ0n) is 28.4. The van der Waals surface area contributed by atoms with Gasteiger partial charge in [-0.3, -0.25) is 0 Å². The van der Waals surface area contributed by atoms with Crippen LogP contribution < -0.4 is 0 Å². The normalized spacial score (nSPS) is 10.4. The maximum atomic E-state index is 9.70. The Morgan fingerprint density at radius 2 is 0.764 bits per heavy atom. The van der Waals surface area contributed by atoms with Crippen molar-refractivity contribution >= 4 is 21.8 Å². The largest absolute Gasteiger partial charge is 0.308 e. The third-order valence-corrected chi connectivity index (χ3v) is 9.11. The monoisotopic (exact) mass is 701 g/mol. The third-order valence-electron chi connectivity index (χ3n) is 9.11. The van der Waals surface area contributed by atoms with Crippen LogP contribution in [0.25, 0.3) is 72.5 Å². The average Bonchev–Trinajstić information content (AvgIpc) is 3.58. The van der Waals surface area contributed by atoms with Crippen LogP contribution in [0.1, 0.15) is 33.4 Å². The summed E-state index contributed by atoms with van der Waals surface area (Å²) in [6, 6.07) is 40.2. The van der Waals surface area contributed by atoms with E-state index >= 15 is 0 Å². The van der Waals surface area contributed by atoms with Crippen molar-refractivity contribution in [3.8, 4) is 87.1 Å². The molecule has 11 heteroatoms. The molecule has 8 rings (SSSR count). The molecule has 5 aromatic carbocycles. The highest BCUT2D eigenvalue weighted by Gasteiger charge is 2.20. The highest BCUT2D eigenvalue weighted by molar-refractivity contribution is 6.12. The van der Waals surface area contributed by atoms with Crippen LogP contribution in [0.3, 0.4) is 0 Å². The molecule has 0 aliphatic heterocycles. The highest BCUT2D eigenvalue weighted by Crippen LogP contribution is 2.40. The number of nitriles is 6. The Balaban J connectivity index is 1.42. The Bertz CT molecular complexity index is 2960. The van der Waals surface area contributed by atoms with Crippen LogP contribution in [0.5, 0.6) is 0 Å². The van der Waals surface area contributed by atoms with Crippen molar-refractivity contribution in [2.75, 3.05) is 0 Å². The van der Waals surface area contributed by atoms with Crippen molar-refractivity contribution in [1.29, 1.82) is 31.6 Å². The van der Waals surface area contributed by atoms with E-state index in [9.17, 15) is 31.6 Å². The first kappa shape index (κ1) is 33.2. The summed E-state index contributed by atoms with van der Waals surface area (Å²) in [4.78, 5) is 17.9. The van der Waals surface area contributed by atoms with Gasteiger partial charge in [-0.15, -0.1) is 0 Å². The number of nitrogens with zero attached hydrogens (tertiary/aromatic N) is 11. The lowest BCUT2D eigenvalue weighted by molar-refractivity contribution is 1.12. The second-order valence-corrected chi connectivity index (χ2v) is 12.4. The average molecular weight is 702 g/mol. The van der Waals surface area contributed by atoms with Gasteiger partial charge in [-0.25, -0.2) is 19.9 Å². The minimum atomic E-state index is 0.300. The molecule has 0 saturated heterocycles. The van der Waals surface area contributed by atoms with E-state index in [0.717, 1.165) is 32.9 Å². The zero-order chi connectivity index (χ0) is 38.1. The molecular formula is C44H19N11. The van der Waals surface area contributed by atoms with Gasteiger partial charge in [0.15, 0.2) is 11.6 Å². The first-order valence-corrected chi connectivity index (χ1v) is 16.5. The lowest BCUT2D eigenvalue weighted by Gasteiger charge is -2.15. The molecule has 0 aliphatic carbocycles. The Labute approximate surface area is 313 Å². The Morgan fingerprint density at radius 3 is 1.18 bits per heavy atom. The fourth-order valence-electron chi connectivity index (χ4n) is 6.60.